The third kappa shape index (κ3) is 3.88. The van der Waals surface area contributed by atoms with Crippen molar-refractivity contribution in [2.75, 3.05) is 31.1 Å². The lowest BCUT2D eigenvalue weighted by Gasteiger charge is -2.36. The predicted molar refractivity (Wildman–Crippen MR) is 95.1 cm³/mol. The second kappa shape index (κ2) is 7.22. The van der Waals surface area contributed by atoms with Crippen LogP contribution in [0.3, 0.4) is 0 Å². The van der Waals surface area contributed by atoms with E-state index in [9.17, 15) is 9.18 Å². The molecule has 2 aromatic carbocycles. The Morgan fingerprint density at radius 1 is 1.12 bits per heavy atom. The average molecular weight is 347 g/mol. The van der Waals surface area contributed by atoms with Gasteiger partial charge in [0.2, 0.25) is 5.91 Å². The van der Waals surface area contributed by atoms with Crippen LogP contribution in [-0.4, -0.2) is 37.0 Å². The van der Waals surface area contributed by atoms with E-state index in [-0.39, 0.29) is 10.9 Å². The number of halogens is 2. The first-order valence-corrected chi connectivity index (χ1v) is 8.44. The van der Waals surface area contributed by atoms with Crippen molar-refractivity contribution in [1.82, 2.24) is 4.90 Å². The van der Waals surface area contributed by atoms with Gasteiger partial charge in [-0.2, -0.15) is 0 Å². The van der Waals surface area contributed by atoms with Gasteiger partial charge in [-0.1, -0.05) is 41.4 Å². The van der Waals surface area contributed by atoms with Crippen LogP contribution in [0.1, 0.15) is 11.1 Å². The molecule has 0 radical (unpaired) electrons. The molecule has 126 valence electrons. The van der Waals surface area contributed by atoms with Gasteiger partial charge in [-0.25, -0.2) is 4.39 Å². The first kappa shape index (κ1) is 16.8. The zero-order valence-electron chi connectivity index (χ0n) is 13.6. The average Bonchev–Trinajstić information content (AvgIpc) is 2.57. The molecule has 0 bridgehead atoms. The van der Waals surface area contributed by atoms with E-state index in [1.54, 1.807) is 12.1 Å². The summed E-state index contributed by atoms with van der Waals surface area (Å²) in [6, 6.07) is 12.8. The molecule has 0 spiro atoms. The number of carbonyl (C=O) groups is 1. The largest absolute Gasteiger partial charge is 0.368 e. The molecule has 2 aromatic rings. The molecule has 3 rings (SSSR count). The molecule has 0 N–H and O–H groups in total. The van der Waals surface area contributed by atoms with Crippen molar-refractivity contribution >= 4 is 23.2 Å². The number of anilines is 1. The predicted octanol–water partition coefficient (Wildman–Crippen LogP) is 3.68. The van der Waals surface area contributed by atoms with Gasteiger partial charge in [-0.05, 0) is 30.7 Å². The van der Waals surface area contributed by atoms with E-state index in [4.69, 9.17) is 11.6 Å². The van der Waals surface area contributed by atoms with E-state index in [2.05, 4.69) is 11.0 Å². The van der Waals surface area contributed by atoms with E-state index in [1.807, 2.05) is 30.0 Å². The van der Waals surface area contributed by atoms with Crippen LogP contribution in [0.4, 0.5) is 10.1 Å². The quantitative estimate of drug-likeness (QED) is 0.846. The van der Waals surface area contributed by atoms with E-state index in [0.29, 0.717) is 19.5 Å². The molecule has 0 atom stereocenters. The number of hydrogen-bond acceptors (Lipinski definition) is 2. The molecule has 1 saturated heterocycles. The summed E-state index contributed by atoms with van der Waals surface area (Å²) in [5.41, 5.74) is 3.11. The van der Waals surface area contributed by atoms with Crippen LogP contribution < -0.4 is 4.90 Å². The third-order valence-corrected chi connectivity index (χ3v) is 4.63. The summed E-state index contributed by atoms with van der Waals surface area (Å²) in [5, 5.41) is 0.130. The van der Waals surface area contributed by atoms with Crippen LogP contribution in [0.15, 0.2) is 42.5 Å². The van der Waals surface area contributed by atoms with Crippen molar-refractivity contribution in [1.29, 1.82) is 0 Å². The zero-order chi connectivity index (χ0) is 17.1. The Morgan fingerprint density at radius 2 is 1.88 bits per heavy atom. The number of aryl methyl sites for hydroxylation is 1. The highest BCUT2D eigenvalue weighted by molar-refractivity contribution is 6.31. The van der Waals surface area contributed by atoms with Gasteiger partial charge < -0.3 is 9.80 Å². The van der Waals surface area contributed by atoms with Crippen molar-refractivity contribution < 1.29 is 9.18 Å². The highest BCUT2D eigenvalue weighted by Gasteiger charge is 2.21. The number of benzene rings is 2. The molecular weight excluding hydrogens is 327 g/mol. The minimum atomic E-state index is -0.410. The molecule has 0 aromatic heterocycles. The van der Waals surface area contributed by atoms with Gasteiger partial charge >= 0.3 is 0 Å². The molecule has 1 aliphatic heterocycles. The smallest absolute Gasteiger partial charge is 0.227 e. The van der Waals surface area contributed by atoms with Crippen LogP contribution in [0.5, 0.6) is 0 Å². The van der Waals surface area contributed by atoms with Crippen LogP contribution in [-0.2, 0) is 11.2 Å². The topological polar surface area (TPSA) is 23.6 Å². The minimum Gasteiger partial charge on any atom is -0.368 e. The maximum absolute atomic E-state index is 13.3. The number of piperazine rings is 1. The standard InChI is InChI=1S/C19H20ClFN2O/c1-14-3-2-4-15(11-14)12-19(24)23-9-7-22(8-10-23)16-5-6-18(21)17(20)13-16/h2-6,11,13H,7-10,12H2,1H3. The molecule has 0 saturated carbocycles. The molecule has 3 nitrogen and oxygen atoms in total. The monoisotopic (exact) mass is 346 g/mol. The second-order valence-electron chi connectivity index (χ2n) is 6.13. The summed E-state index contributed by atoms with van der Waals surface area (Å²) in [5.74, 6) is -0.259. The molecular formula is C19H20ClFN2O. The number of amides is 1. The Morgan fingerprint density at radius 3 is 2.54 bits per heavy atom. The number of nitrogens with zero attached hydrogens (tertiary/aromatic N) is 2. The van der Waals surface area contributed by atoms with Gasteiger partial charge in [0.15, 0.2) is 0 Å². The molecule has 0 aliphatic carbocycles. The van der Waals surface area contributed by atoms with Crippen molar-refractivity contribution in [2.45, 2.75) is 13.3 Å². The summed E-state index contributed by atoms with van der Waals surface area (Å²) in [4.78, 5) is 16.5. The maximum atomic E-state index is 13.3. The second-order valence-corrected chi connectivity index (χ2v) is 6.54. The molecule has 1 amide bonds. The fourth-order valence-corrected chi connectivity index (χ4v) is 3.18. The maximum Gasteiger partial charge on any atom is 0.227 e. The van der Waals surface area contributed by atoms with Gasteiger partial charge in [0.1, 0.15) is 5.82 Å². The number of hydrogen-bond donors (Lipinski definition) is 0. The summed E-state index contributed by atoms with van der Waals surface area (Å²) in [7, 11) is 0. The van der Waals surface area contributed by atoms with Crippen LogP contribution in [0.25, 0.3) is 0 Å². The molecule has 1 aliphatic rings. The van der Waals surface area contributed by atoms with Gasteiger partial charge in [-0.15, -0.1) is 0 Å². The lowest BCUT2D eigenvalue weighted by atomic mass is 10.1. The molecule has 24 heavy (non-hydrogen) atoms. The van der Waals surface area contributed by atoms with Crippen LogP contribution in [0, 0.1) is 12.7 Å². The highest BCUT2D eigenvalue weighted by Crippen LogP contribution is 2.23. The van der Waals surface area contributed by atoms with Gasteiger partial charge in [0.25, 0.3) is 0 Å². The molecule has 5 heteroatoms. The van der Waals surface area contributed by atoms with E-state index < -0.39 is 5.82 Å². The Labute approximate surface area is 146 Å². The molecule has 1 heterocycles. The fourth-order valence-electron chi connectivity index (χ4n) is 3.00. The Bertz CT molecular complexity index is 742. The Kier molecular flexibility index (Phi) is 5.05. The van der Waals surface area contributed by atoms with E-state index in [1.165, 1.54) is 11.6 Å². The number of carbonyl (C=O) groups excluding carboxylic acids is 1. The molecule has 0 unspecified atom stereocenters. The lowest BCUT2D eigenvalue weighted by Crippen LogP contribution is -2.49. The van der Waals surface area contributed by atoms with Gasteiger partial charge in [0, 0.05) is 31.9 Å². The van der Waals surface area contributed by atoms with Gasteiger partial charge in [-0.3, -0.25) is 4.79 Å². The molecule has 1 fully saturated rings. The van der Waals surface area contributed by atoms with E-state index >= 15 is 0 Å². The normalized spacial score (nSPS) is 14.8. The third-order valence-electron chi connectivity index (χ3n) is 4.34. The summed E-state index contributed by atoms with van der Waals surface area (Å²) in [6.07, 6.45) is 0.435. The van der Waals surface area contributed by atoms with Crippen molar-refractivity contribution in [3.05, 3.63) is 64.4 Å². The number of rotatable bonds is 3. The Hall–Kier alpha value is -2.07. The van der Waals surface area contributed by atoms with Crippen molar-refractivity contribution in [2.24, 2.45) is 0 Å². The highest BCUT2D eigenvalue weighted by atomic mass is 35.5. The van der Waals surface area contributed by atoms with Crippen molar-refractivity contribution in [3.63, 3.8) is 0 Å². The zero-order valence-corrected chi connectivity index (χ0v) is 14.4. The summed E-state index contributed by atoms with van der Waals surface area (Å²) in [6.45, 7) is 4.81. The van der Waals surface area contributed by atoms with E-state index in [0.717, 1.165) is 24.3 Å². The minimum absolute atomic E-state index is 0.130. The Balaban J connectivity index is 1.58. The first-order chi connectivity index (χ1) is 11.5. The van der Waals surface area contributed by atoms with Gasteiger partial charge in [0.05, 0.1) is 11.4 Å². The first-order valence-electron chi connectivity index (χ1n) is 8.06. The summed E-state index contributed by atoms with van der Waals surface area (Å²) >= 11 is 5.85. The lowest BCUT2D eigenvalue weighted by molar-refractivity contribution is -0.130. The SMILES string of the molecule is Cc1cccc(CC(=O)N2CCN(c3ccc(F)c(Cl)c3)CC2)c1. The van der Waals surface area contributed by atoms with Crippen molar-refractivity contribution in [3.8, 4) is 0 Å². The van der Waals surface area contributed by atoms with Crippen LogP contribution >= 0.6 is 11.6 Å². The summed E-state index contributed by atoms with van der Waals surface area (Å²) < 4.78 is 13.3. The fraction of sp³-hybridized carbons (Fsp3) is 0.316. The van der Waals surface area contributed by atoms with Crippen LogP contribution in [0.2, 0.25) is 5.02 Å².